The van der Waals surface area contributed by atoms with E-state index in [1.807, 2.05) is 30.3 Å². The monoisotopic (exact) mass is 333 g/mol. The van der Waals surface area contributed by atoms with Crippen molar-refractivity contribution in [3.63, 3.8) is 0 Å². The Kier molecular flexibility index (Phi) is 5.62. The van der Waals surface area contributed by atoms with Crippen molar-refractivity contribution < 1.29 is 4.74 Å². The molecular formula is C17H20BrNO. The normalized spacial score (nSPS) is 10.6. The SMILES string of the molecule is CCCCc1ccc(Oc2ccc(CN)cc2Br)cc1. The summed E-state index contributed by atoms with van der Waals surface area (Å²) in [6, 6.07) is 14.2. The summed E-state index contributed by atoms with van der Waals surface area (Å²) in [5.41, 5.74) is 8.06. The Hall–Kier alpha value is -1.32. The molecule has 2 aromatic rings. The third-order valence-electron chi connectivity index (χ3n) is 3.20. The van der Waals surface area contributed by atoms with Crippen LogP contribution in [0.2, 0.25) is 0 Å². The first kappa shape index (κ1) is 15.1. The molecule has 0 saturated carbocycles. The Balaban J connectivity index is 2.06. The van der Waals surface area contributed by atoms with Crippen LogP contribution in [-0.2, 0) is 13.0 Å². The van der Waals surface area contributed by atoms with Crippen molar-refractivity contribution >= 4 is 15.9 Å². The molecule has 0 aromatic heterocycles. The molecule has 0 atom stereocenters. The fourth-order valence-corrected chi connectivity index (χ4v) is 2.49. The van der Waals surface area contributed by atoms with Gasteiger partial charge in [-0.1, -0.05) is 31.5 Å². The van der Waals surface area contributed by atoms with Crippen LogP contribution in [0.1, 0.15) is 30.9 Å². The number of rotatable bonds is 6. The van der Waals surface area contributed by atoms with Gasteiger partial charge in [0.25, 0.3) is 0 Å². The van der Waals surface area contributed by atoms with Gasteiger partial charge in [0.2, 0.25) is 0 Å². The highest BCUT2D eigenvalue weighted by Crippen LogP contribution is 2.30. The van der Waals surface area contributed by atoms with Gasteiger partial charge in [-0.15, -0.1) is 0 Å². The molecule has 0 radical (unpaired) electrons. The van der Waals surface area contributed by atoms with Gasteiger partial charge in [0, 0.05) is 6.54 Å². The maximum Gasteiger partial charge on any atom is 0.141 e. The third-order valence-corrected chi connectivity index (χ3v) is 3.82. The summed E-state index contributed by atoms with van der Waals surface area (Å²) in [5, 5.41) is 0. The molecular weight excluding hydrogens is 314 g/mol. The van der Waals surface area contributed by atoms with Gasteiger partial charge in [-0.25, -0.2) is 0 Å². The first-order valence-electron chi connectivity index (χ1n) is 6.98. The summed E-state index contributed by atoms with van der Waals surface area (Å²) in [4.78, 5) is 0. The molecule has 0 unspecified atom stereocenters. The molecule has 2 aromatic carbocycles. The molecule has 106 valence electrons. The number of hydrogen-bond donors (Lipinski definition) is 1. The quantitative estimate of drug-likeness (QED) is 0.803. The second kappa shape index (κ2) is 7.46. The van der Waals surface area contributed by atoms with Gasteiger partial charge in [-0.3, -0.25) is 0 Å². The lowest BCUT2D eigenvalue weighted by Gasteiger charge is -2.09. The molecule has 0 aliphatic heterocycles. The van der Waals surface area contributed by atoms with Crippen molar-refractivity contribution in [2.24, 2.45) is 5.73 Å². The molecule has 0 fully saturated rings. The Bertz CT molecular complexity index is 551. The van der Waals surface area contributed by atoms with Crippen LogP contribution in [0.15, 0.2) is 46.9 Å². The van der Waals surface area contributed by atoms with Crippen LogP contribution in [0.25, 0.3) is 0 Å². The zero-order valence-corrected chi connectivity index (χ0v) is 13.3. The molecule has 0 aliphatic rings. The van der Waals surface area contributed by atoms with E-state index in [0.29, 0.717) is 6.54 Å². The Morgan fingerprint density at radius 2 is 1.75 bits per heavy atom. The number of unbranched alkanes of at least 4 members (excludes halogenated alkanes) is 1. The smallest absolute Gasteiger partial charge is 0.141 e. The first-order valence-corrected chi connectivity index (χ1v) is 7.77. The minimum Gasteiger partial charge on any atom is -0.456 e. The molecule has 2 rings (SSSR count). The summed E-state index contributed by atoms with van der Waals surface area (Å²) in [6.07, 6.45) is 3.58. The molecule has 0 aliphatic carbocycles. The highest BCUT2D eigenvalue weighted by molar-refractivity contribution is 9.10. The van der Waals surface area contributed by atoms with E-state index in [1.165, 1.54) is 18.4 Å². The average Bonchev–Trinajstić information content (AvgIpc) is 2.48. The van der Waals surface area contributed by atoms with E-state index in [9.17, 15) is 0 Å². The zero-order valence-electron chi connectivity index (χ0n) is 11.7. The van der Waals surface area contributed by atoms with Gasteiger partial charge in [0.1, 0.15) is 11.5 Å². The molecule has 0 saturated heterocycles. The van der Waals surface area contributed by atoms with Crippen molar-refractivity contribution in [1.82, 2.24) is 0 Å². The van der Waals surface area contributed by atoms with E-state index in [2.05, 4.69) is 35.0 Å². The molecule has 3 heteroatoms. The maximum atomic E-state index is 5.88. The highest BCUT2D eigenvalue weighted by Gasteiger charge is 2.04. The van der Waals surface area contributed by atoms with Crippen LogP contribution >= 0.6 is 15.9 Å². The largest absolute Gasteiger partial charge is 0.456 e. The Labute approximate surface area is 129 Å². The lowest BCUT2D eigenvalue weighted by Crippen LogP contribution is -1.96. The fraction of sp³-hybridized carbons (Fsp3) is 0.294. The second-order valence-electron chi connectivity index (χ2n) is 4.82. The van der Waals surface area contributed by atoms with Gasteiger partial charge >= 0.3 is 0 Å². The fourth-order valence-electron chi connectivity index (χ4n) is 1.99. The van der Waals surface area contributed by atoms with Crippen LogP contribution in [0.4, 0.5) is 0 Å². The minimum absolute atomic E-state index is 0.533. The molecule has 0 bridgehead atoms. The van der Waals surface area contributed by atoms with Gasteiger partial charge in [-0.2, -0.15) is 0 Å². The topological polar surface area (TPSA) is 35.2 Å². The maximum absolute atomic E-state index is 5.88. The lowest BCUT2D eigenvalue weighted by atomic mass is 10.1. The summed E-state index contributed by atoms with van der Waals surface area (Å²) in [6.45, 7) is 2.74. The summed E-state index contributed by atoms with van der Waals surface area (Å²) in [7, 11) is 0. The standard InChI is InChI=1S/C17H20BrNO/c1-2-3-4-13-5-8-15(9-6-13)20-17-10-7-14(12-19)11-16(17)18/h5-11H,2-4,12,19H2,1H3. The molecule has 0 heterocycles. The van der Waals surface area contributed by atoms with Crippen LogP contribution < -0.4 is 10.5 Å². The van der Waals surface area contributed by atoms with Crippen molar-refractivity contribution in [2.75, 3.05) is 0 Å². The number of halogens is 1. The van der Waals surface area contributed by atoms with Gasteiger partial charge in [-0.05, 0) is 64.2 Å². The lowest BCUT2D eigenvalue weighted by molar-refractivity contribution is 0.479. The molecule has 0 amide bonds. The second-order valence-corrected chi connectivity index (χ2v) is 5.67. The predicted molar refractivity (Wildman–Crippen MR) is 87.2 cm³/mol. The number of benzene rings is 2. The van der Waals surface area contributed by atoms with E-state index in [1.54, 1.807) is 0 Å². The summed E-state index contributed by atoms with van der Waals surface area (Å²) >= 11 is 3.51. The highest BCUT2D eigenvalue weighted by atomic mass is 79.9. The summed E-state index contributed by atoms with van der Waals surface area (Å²) < 4.78 is 6.81. The molecule has 2 nitrogen and oxygen atoms in total. The number of ether oxygens (including phenoxy) is 1. The van der Waals surface area contributed by atoms with Crippen molar-refractivity contribution in [3.05, 3.63) is 58.1 Å². The van der Waals surface area contributed by atoms with Crippen LogP contribution in [0, 0.1) is 0 Å². The van der Waals surface area contributed by atoms with E-state index in [-0.39, 0.29) is 0 Å². The van der Waals surface area contributed by atoms with Crippen molar-refractivity contribution in [1.29, 1.82) is 0 Å². The summed E-state index contributed by atoms with van der Waals surface area (Å²) in [5.74, 6) is 1.66. The molecule has 2 N–H and O–H groups in total. The first-order chi connectivity index (χ1) is 9.72. The zero-order chi connectivity index (χ0) is 14.4. The number of nitrogens with two attached hydrogens (primary N) is 1. The van der Waals surface area contributed by atoms with E-state index >= 15 is 0 Å². The van der Waals surface area contributed by atoms with Crippen molar-refractivity contribution in [3.8, 4) is 11.5 Å². The average molecular weight is 334 g/mol. The van der Waals surface area contributed by atoms with Gasteiger partial charge in [0.05, 0.1) is 4.47 Å². The Morgan fingerprint density at radius 1 is 1.05 bits per heavy atom. The van der Waals surface area contributed by atoms with Crippen molar-refractivity contribution in [2.45, 2.75) is 32.7 Å². The molecule has 20 heavy (non-hydrogen) atoms. The molecule has 0 spiro atoms. The number of aryl methyl sites for hydroxylation is 1. The van der Waals surface area contributed by atoms with E-state index < -0.39 is 0 Å². The number of hydrogen-bond acceptors (Lipinski definition) is 2. The van der Waals surface area contributed by atoms with Crippen LogP contribution in [0.3, 0.4) is 0 Å². The Morgan fingerprint density at radius 3 is 2.35 bits per heavy atom. The van der Waals surface area contributed by atoms with Gasteiger partial charge < -0.3 is 10.5 Å². The van der Waals surface area contributed by atoms with E-state index in [4.69, 9.17) is 10.5 Å². The van der Waals surface area contributed by atoms with Crippen LogP contribution in [0.5, 0.6) is 11.5 Å². The minimum atomic E-state index is 0.533. The van der Waals surface area contributed by atoms with Gasteiger partial charge in [0.15, 0.2) is 0 Å². The predicted octanol–water partition coefficient (Wildman–Crippen LogP) is 5.04. The third kappa shape index (κ3) is 4.09. The van der Waals surface area contributed by atoms with Crippen LogP contribution in [-0.4, -0.2) is 0 Å². The van der Waals surface area contributed by atoms with E-state index in [0.717, 1.165) is 28.0 Å².